The third kappa shape index (κ3) is 13.1. The largest absolute Gasteiger partial charge is 0.311 e. The van der Waals surface area contributed by atoms with E-state index in [1.54, 1.807) is 13.0 Å². The lowest BCUT2D eigenvalue weighted by Crippen LogP contribution is -2.27. The van der Waals surface area contributed by atoms with E-state index >= 15 is 0 Å². The second-order valence-corrected chi connectivity index (χ2v) is 9.93. The predicted octanol–water partition coefficient (Wildman–Crippen LogP) is 9.52. The van der Waals surface area contributed by atoms with Crippen molar-refractivity contribution in [1.29, 1.82) is 0 Å². The van der Waals surface area contributed by atoms with Crippen LogP contribution in [0.3, 0.4) is 0 Å². The van der Waals surface area contributed by atoms with Gasteiger partial charge in [-0.1, -0.05) is 45.3 Å². The molecule has 4 nitrogen and oxygen atoms in total. The van der Waals surface area contributed by atoms with E-state index in [1.807, 2.05) is 46.0 Å². The number of allylic oxidation sites excluding steroid dienone is 7. The molecule has 1 fully saturated rings. The summed E-state index contributed by atoms with van der Waals surface area (Å²) < 4.78 is 13.3. The van der Waals surface area contributed by atoms with Gasteiger partial charge in [0.25, 0.3) is 0 Å². The van der Waals surface area contributed by atoms with E-state index in [9.17, 15) is 9.18 Å². The first-order valence-corrected chi connectivity index (χ1v) is 15.4. The molecule has 0 spiro atoms. The summed E-state index contributed by atoms with van der Waals surface area (Å²) in [5.41, 5.74) is 6.73. The molecule has 0 amide bonds. The topological polar surface area (TPSA) is 54.4 Å². The fraction of sp³-hybridized carbons (Fsp3) is 0.486. The number of carbonyl (C=O) groups excluding carboxylic acids is 1. The van der Waals surface area contributed by atoms with Crippen LogP contribution in [0.4, 0.5) is 4.39 Å². The molecule has 0 saturated carbocycles. The van der Waals surface area contributed by atoms with Crippen LogP contribution in [0.2, 0.25) is 0 Å². The minimum atomic E-state index is -0.384. The van der Waals surface area contributed by atoms with Crippen molar-refractivity contribution in [1.82, 2.24) is 10.3 Å². The first kappa shape index (κ1) is 38.6. The third-order valence-electron chi connectivity index (χ3n) is 7.07. The zero-order valence-corrected chi connectivity index (χ0v) is 27.4. The van der Waals surface area contributed by atoms with Crippen LogP contribution in [0.1, 0.15) is 105 Å². The molecular formula is C37H56FN3O. The molecule has 42 heavy (non-hydrogen) atoms. The van der Waals surface area contributed by atoms with Crippen LogP contribution in [0.25, 0.3) is 6.08 Å². The molecule has 3 aliphatic rings. The van der Waals surface area contributed by atoms with Gasteiger partial charge in [-0.15, -0.1) is 19.6 Å². The molecule has 232 valence electrons. The van der Waals surface area contributed by atoms with Gasteiger partial charge in [-0.3, -0.25) is 14.8 Å². The Bertz CT molecular complexity index is 1180. The van der Waals surface area contributed by atoms with Crippen LogP contribution < -0.4 is 5.32 Å². The van der Waals surface area contributed by atoms with Crippen LogP contribution in [-0.4, -0.2) is 35.1 Å². The minimum absolute atomic E-state index is 0. The van der Waals surface area contributed by atoms with Gasteiger partial charge in [-0.05, 0) is 101 Å². The van der Waals surface area contributed by atoms with Crippen molar-refractivity contribution in [3.63, 3.8) is 0 Å². The second kappa shape index (κ2) is 22.3. The number of nitrogens with one attached hydrogen (secondary N) is 1. The summed E-state index contributed by atoms with van der Waals surface area (Å²) in [7, 11) is 0. The van der Waals surface area contributed by atoms with Crippen molar-refractivity contribution >= 4 is 17.6 Å². The number of pyridine rings is 1. The summed E-state index contributed by atoms with van der Waals surface area (Å²) in [6.07, 6.45) is 22.0. The Morgan fingerprint density at radius 2 is 1.79 bits per heavy atom. The van der Waals surface area contributed by atoms with Crippen LogP contribution in [0.5, 0.6) is 0 Å². The van der Waals surface area contributed by atoms with Gasteiger partial charge >= 0.3 is 0 Å². The molecule has 4 rings (SSSR count). The van der Waals surface area contributed by atoms with Crippen molar-refractivity contribution in [3.05, 3.63) is 83.0 Å². The second-order valence-electron chi connectivity index (χ2n) is 9.93. The summed E-state index contributed by atoms with van der Waals surface area (Å²) in [4.78, 5) is 19.6. The van der Waals surface area contributed by atoms with Crippen molar-refractivity contribution in [3.8, 4) is 12.3 Å². The first-order chi connectivity index (χ1) is 20.3. The number of aliphatic imine (C=N–C) groups is 1. The number of hydrogen-bond acceptors (Lipinski definition) is 4. The lowest BCUT2D eigenvalue weighted by molar-refractivity contribution is -0.116. The summed E-state index contributed by atoms with van der Waals surface area (Å²) in [5, 5.41) is 3.59. The molecule has 1 aliphatic heterocycles. The number of Topliss-reactive ketones (excluding diaryl/α,β-unsaturated/α-hetero) is 1. The molecule has 1 N–H and O–H groups in total. The van der Waals surface area contributed by atoms with E-state index in [4.69, 9.17) is 6.42 Å². The molecule has 1 saturated heterocycles. The lowest BCUT2D eigenvalue weighted by Gasteiger charge is -2.16. The van der Waals surface area contributed by atoms with Crippen molar-refractivity contribution in [2.45, 2.75) is 112 Å². The average molecular weight is 578 g/mol. The summed E-state index contributed by atoms with van der Waals surface area (Å²) in [5.74, 6) is 2.15. The van der Waals surface area contributed by atoms with E-state index < -0.39 is 0 Å². The quantitative estimate of drug-likeness (QED) is 0.280. The fourth-order valence-electron chi connectivity index (χ4n) is 4.84. The van der Waals surface area contributed by atoms with Crippen molar-refractivity contribution in [2.24, 2.45) is 4.99 Å². The molecule has 2 heterocycles. The highest BCUT2D eigenvalue weighted by molar-refractivity contribution is 6.12. The van der Waals surface area contributed by atoms with E-state index in [-0.39, 0.29) is 18.6 Å². The van der Waals surface area contributed by atoms with E-state index in [0.29, 0.717) is 18.7 Å². The molecule has 0 bridgehead atoms. The zero-order valence-electron chi connectivity index (χ0n) is 27.4. The summed E-state index contributed by atoms with van der Waals surface area (Å²) in [6.45, 7) is 22.7. The third-order valence-corrected chi connectivity index (χ3v) is 7.07. The Morgan fingerprint density at radius 3 is 2.26 bits per heavy atom. The summed E-state index contributed by atoms with van der Waals surface area (Å²) in [6, 6.07) is 3.70. The number of fused-ring (bicyclic) bond motifs is 1. The molecule has 2 aliphatic carbocycles. The maximum atomic E-state index is 13.3. The minimum Gasteiger partial charge on any atom is -0.311 e. The Kier molecular flexibility index (Phi) is 20.5. The van der Waals surface area contributed by atoms with Crippen LogP contribution >= 0.6 is 0 Å². The van der Waals surface area contributed by atoms with Gasteiger partial charge in [0.05, 0.1) is 17.0 Å². The van der Waals surface area contributed by atoms with E-state index in [2.05, 4.69) is 61.2 Å². The summed E-state index contributed by atoms with van der Waals surface area (Å²) >= 11 is 0. The highest BCUT2D eigenvalue weighted by Crippen LogP contribution is 2.26. The number of aromatic nitrogens is 1. The van der Waals surface area contributed by atoms with Gasteiger partial charge in [0.15, 0.2) is 0 Å². The van der Waals surface area contributed by atoms with Crippen LogP contribution in [0, 0.1) is 19.3 Å². The molecule has 5 heteroatoms. The Morgan fingerprint density at radius 1 is 1.17 bits per heavy atom. The van der Waals surface area contributed by atoms with Gasteiger partial charge in [0.2, 0.25) is 0 Å². The monoisotopic (exact) mass is 577 g/mol. The number of aryl methyl sites for hydroxylation is 1. The Hall–Kier alpha value is -3.36. The first-order valence-electron chi connectivity index (χ1n) is 15.4. The number of halogens is 1. The number of nitrogens with zero attached hydrogens (tertiary/aromatic N) is 2. The number of terminal acetylenes is 1. The maximum Gasteiger partial charge on any atom is 0.140 e. The molecule has 1 aromatic heterocycles. The number of carbonyl (C=O) groups is 1. The standard InChI is InChI=1S/C13H15NO.C12H12FN.C8H17N.C2H6.C2H4.H2/c1-9-5-6-14-13-8-11(7-10(2)15)3-4-12(9)13;1-4-9-7-10(5-2)12(14-6-3)8-11(9)13;1-3-7-5-6-8(4-2)9-7;2*1-2;/h5-6,8H,3-4,7H2,1-2H3;1,5,7-8H,6H2,2-3H3;7-9H,3-6H2,1-2H3;1-2H3;1-2H2;1H/b;10-5-,14-12?;;;;. The molecule has 1 aromatic rings. The van der Waals surface area contributed by atoms with Gasteiger partial charge < -0.3 is 5.32 Å². The van der Waals surface area contributed by atoms with Gasteiger partial charge in [0.1, 0.15) is 11.6 Å². The van der Waals surface area contributed by atoms with Crippen LogP contribution in [-0.2, 0) is 11.2 Å². The van der Waals surface area contributed by atoms with Gasteiger partial charge in [-0.25, -0.2) is 4.39 Å². The SMILES string of the molecule is C#CC1=C/C(=C/C)C(=NCC)C=C1F.C=C.CC.CC(=O)CC1=Cc2nccc(C)c2CC1.CCC1CCC(CC)N1.[HH]. The van der Waals surface area contributed by atoms with Crippen LogP contribution in [0.15, 0.2) is 71.2 Å². The van der Waals surface area contributed by atoms with Gasteiger partial charge in [-0.2, -0.15) is 0 Å². The Balaban J connectivity index is 0. The fourth-order valence-corrected chi connectivity index (χ4v) is 4.84. The highest BCUT2D eigenvalue weighted by atomic mass is 19.1. The molecule has 0 radical (unpaired) electrons. The number of ketones is 1. The molecule has 2 atom stereocenters. The number of hydrogen-bond donors (Lipinski definition) is 1. The lowest BCUT2D eigenvalue weighted by atomic mass is 9.91. The Labute approximate surface area is 257 Å². The molecule has 2 unspecified atom stereocenters. The normalized spacial score (nSPS) is 20.2. The maximum absolute atomic E-state index is 13.3. The van der Waals surface area contributed by atoms with E-state index in [0.717, 1.165) is 36.2 Å². The smallest absolute Gasteiger partial charge is 0.140 e. The predicted molar refractivity (Wildman–Crippen MR) is 184 cm³/mol. The zero-order chi connectivity index (χ0) is 32.1. The average Bonchev–Trinajstić information content (AvgIpc) is 3.49. The van der Waals surface area contributed by atoms with Gasteiger partial charge in [0, 0.05) is 38.7 Å². The van der Waals surface area contributed by atoms with Crippen molar-refractivity contribution in [2.75, 3.05) is 6.54 Å². The highest BCUT2D eigenvalue weighted by Gasteiger charge is 2.19. The van der Waals surface area contributed by atoms with E-state index in [1.165, 1.54) is 48.5 Å². The number of rotatable bonds is 5. The van der Waals surface area contributed by atoms with Crippen molar-refractivity contribution < 1.29 is 10.6 Å². The molecule has 0 aromatic carbocycles. The molecular weight excluding hydrogens is 521 g/mol.